The number of anilines is 1. The molecule has 34 heavy (non-hydrogen) atoms. The third kappa shape index (κ3) is 4.31. The van der Waals surface area contributed by atoms with Gasteiger partial charge in [0.2, 0.25) is 5.91 Å². The van der Waals surface area contributed by atoms with Crippen LogP contribution in [-0.4, -0.2) is 44.1 Å². The topological polar surface area (TPSA) is 109 Å². The summed E-state index contributed by atoms with van der Waals surface area (Å²) in [6, 6.07) is 8.17. The monoisotopic (exact) mass is 492 g/mol. The maximum absolute atomic E-state index is 13.2. The fourth-order valence-corrected chi connectivity index (χ4v) is 3.70. The zero-order valence-corrected chi connectivity index (χ0v) is 18.2. The lowest BCUT2D eigenvalue weighted by molar-refractivity contribution is -0.137. The van der Waals surface area contributed by atoms with E-state index in [0.29, 0.717) is 15.5 Å². The molecule has 1 aliphatic heterocycles. The maximum atomic E-state index is 13.2. The number of nitrogens with zero attached hydrogens (tertiary/aromatic N) is 4. The Bertz CT molecular complexity index is 1280. The summed E-state index contributed by atoms with van der Waals surface area (Å²) in [5.41, 5.74) is -2.18. The molecule has 2 N–H and O–H groups in total. The quantitative estimate of drug-likeness (QED) is 0.531. The Kier molecular flexibility index (Phi) is 5.77. The predicted octanol–water partition coefficient (Wildman–Crippen LogP) is 3.35. The van der Waals surface area contributed by atoms with Gasteiger partial charge in [0.15, 0.2) is 0 Å². The Morgan fingerprint density at radius 1 is 1.21 bits per heavy atom. The number of rotatable bonds is 5. The molecule has 4 amide bonds. The number of hydrogen-bond donors (Lipinski definition) is 2. The number of hydrogen-bond acceptors (Lipinski definition) is 5. The number of benzene rings is 2. The first-order chi connectivity index (χ1) is 16.0. The molecule has 1 fully saturated rings. The van der Waals surface area contributed by atoms with Crippen LogP contribution in [0.3, 0.4) is 0 Å². The Morgan fingerprint density at radius 3 is 2.62 bits per heavy atom. The molecule has 1 unspecified atom stereocenters. The number of nitrogens with one attached hydrogen (secondary N) is 2. The van der Waals surface area contributed by atoms with Crippen LogP contribution in [0.5, 0.6) is 0 Å². The minimum atomic E-state index is -4.66. The molecule has 0 aliphatic carbocycles. The van der Waals surface area contributed by atoms with Gasteiger partial charge in [-0.1, -0.05) is 23.7 Å². The molecule has 1 aromatic heterocycles. The molecule has 0 spiro atoms. The van der Waals surface area contributed by atoms with E-state index in [1.165, 1.54) is 30.3 Å². The van der Waals surface area contributed by atoms with Crippen molar-refractivity contribution >= 4 is 35.1 Å². The highest BCUT2D eigenvalue weighted by Crippen LogP contribution is 2.34. The van der Waals surface area contributed by atoms with Crippen molar-refractivity contribution in [2.75, 3.05) is 11.9 Å². The van der Waals surface area contributed by atoms with Crippen LogP contribution in [0.15, 0.2) is 55.1 Å². The van der Waals surface area contributed by atoms with Gasteiger partial charge < -0.3 is 10.6 Å². The Labute approximate surface area is 195 Å². The van der Waals surface area contributed by atoms with Crippen molar-refractivity contribution in [1.29, 1.82) is 0 Å². The molecule has 1 aliphatic rings. The van der Waals surface area contributed by atoms with Gasteiger partial charge in [0.1, 0.15) is 24.7 Å². The summed E-state index contributed by atoms with van der Waals surface area (Å²) in [7, 11) is 0. The lowest BCUT2D eigenvalue weighted by Crippen LogP contribution is -2.42. The number of carbonyl (C=O) groups excluding carboxylic acids is 3. The smallest absolute Gasteiger partial charge is 0.323 e. The number of aromatic nitrogens is 3. The maximum Gasteiger partial charge on any atom is 0.416 e. The van der Waals surface area contributed by atoms with Gasteiger partial charge in [-0.25, -0.2) is 14.5 Å². The van der Waals surface area contributed by atoms with Crippen LogP contribution >= 0.6 is 11.6 Å². The van der Waals surface area contributed by atoms with Crippen molar-refractivity contribution < 1.29 is 27.6 Å². The van der Waals surface area contributed by atoms with Crippen LogP contribution in [0.4, 0.5) is 23.7 Å². The minimum Gasteiger partial charge on any atom is -0.323 e. The van der Waals surface area contributed by atoms with E-state index in [4.69, 9.17) is 11.6 Å². The minimum absolute atomic E-state index is 0.111. The second-order valence-electron chi connectivity index (χ2n) is 7.57. The van der Waals surface area contributed by atoms with E-state index in [1.807, 2.05) is 0 Å². The summed E-state index contributed by atoms with van der Waals surface area (Å²) in [5.74, 6) is -1.60. The molecule has 4 rings (SSSR count). The Morgan fingerprint density at radius 2 is 1.97 bits per heavy atom. The summed E-state index contributed by atoms with van der Waals surface area (Å²) in [6.45, 7) is 0.736. The van der Waals surface area contributed by atoms with Crippen molar-refractivity contribution in [1.82, 2.24) is 25.0 Å². The normalized spacial score (nSPS) is 18.2. The van der Waals surface area contributed by atoms with Crippen LogP contribution in [-0.2, 0) is 21.3 Å². The van der Waals surface area contributed by atoms with Gasteiger partial charge in [0.05, 0.1) is 16.9 Å². The Hall–Kier alpha value is -3.93. The number of carbonyl (C=O) groups is 3. The first-order valence-electron chi connectivity index (χ1n) is 9.75. The molecule has 0 bridgehead atoms. The summed E-state index contributed by atoms with van der Waals surface area (Å²) in [5, 5.41) is 9.08. The van der Waals surface area contributed by atoms with Gasteiger partial charge in [-0.2, -0.15) is 18.3 Å². The zero-order valence-electron chi connectivity index (χ0n) is 17.4. The fourth-order valence-electron chi connectivity index (χ4n) is 3.51. The van der Waals surface area contributed by atoms with Crippen LogP contribution in [0, 0.1) is 0 Å². The molecule has 3 aromatic rings. The van der Waals surface area contributed by atoms with Gasteiger partial charge >= 0.3 is 12.2 Å². The van der Waals surface area contributed by atoms with Crippen molar-refractivity contribution in [3.8, 4) is 5.69 Å². The van der Waals surface area contributed by atoms with E-state index in [2.05, 4.69) is 20.7 Å². The Balaban J connectivity index is 1.58. The zero-order chi connectivity index (χ0) is 24.7. The average Bonchev–Trinajstić information content (AvgIpc) is 3.37. The molecule has 2 heterocycles. The van der Waals surface area contributed by atoms with Gasteiger partial charge in [0.25, 0.3) is 5.91 Å². The summed E-state index contributed by atoms with van der Waals surface area (Å²) < 4.78 is 40.8. The first kappa shape index (κ1) is 23.2. The van der Waals surface area contributed by atoms with Crippen LogP contribution in [0.2, 0.25) is 5.02 Å². The van der Waals surface area contributed by atoms with E-state index in [9.17, 15) is 27.6 Å². The summed E-state index contributed by atoms with van der Waals surface area (Å²) in [6.07, 6.45) is -2.25. The molecule has 9 nitrogen and oxygen atoms in total. The van der Waals surface area contributed by atoms with Crippen molar-refractivity contribution in [2.45, 2.75) is 18.6 Å². The van der Waals surface area contributed by atoms with Gasteiger partial charge in [0, 0.05) is 5.02 Å². The number of halogens is 4. The van der Waals surface area contributed by atoms with Crippen LogP contribution in [0.1, 0.15) is 18.1 Å². The number of amides is 4. The lowest BCUT2D eigenvalue weighted by Gasteiger charge is -2.22. The van der Waals surface area contributed by atoms with Crippen molar-refractivity contribution in [3.05, 3.63) is 71.3 Å². The standard InChI is InChI=1S/C21H16ClF3N6O3/c1-20(12-3-2-4-14(22)7-12)18(33)30(19(34)29-20)9-17(32)28-15-8-13(21(23,24)25)5-6-16(15)31-11-26-10-27-31/h2-8,10-11H,9H2,1H3,(H,28,32)(H,29,34). The van der Waals surface area contributed by atoms with Gasteiger partial charge in [-0.3, -0.25) is 14.5 Å². The van der Waals surface area contributed by atoms with Crippen LogP contribution < -0.4 is 10.6 Å². The second kappa shape index (κ2) is 8.45. The van der Waals surface area contributed by atoms with Gasteiger partial charge in [-0.15, -0.1) is 0 Å². The lowest BCUT2D eigenvalue weighted by atomic mass is 9.92. The molecule has 1 atom stereocenters. The van der Waals surface area contributed by atoms with E-state index < -0.39 is 41.7 Å². The number of imide groups is 1. The summed E-state index contributed by atoms with van der Waals surface area (Å²) in [4.78, 5) is 42.7. The number of alkyl halides is 3. The largest absolute Gasteiger partial charge is 0.416 e. The van der Waals surface area contributed by atoms with E-state index in [-0.39, 0.29) is 11.4 Å². The van der Waals surface area contributed by atoms with E-state index >= 15 is 0 Å². The molecular weight excluding hydrogens is 477 g/mol. The molecule has 0 saturated carbocycles. The summed E-state index contributed by atoms with van der Waals surface area (Å²) >= 11 is 5.99. The van der Waals surface area contributed by atoms with Crippen LogP contribution in [0.25, 0.3) is 5.69 Å². The molecular formula is C21H16ClF3N6O3. The second-order valence-corrected chi connectivity index (χ2v) is 8.01. The number of urea groups is 1. The average molecular weight is 493 g/mol. The van der Waals surface area contributed by atoms with E-state index in [0.717, 1.165) is 18.2 Å². The highest BCUT2D eigenvalue weighted by molar-refractivity contribution is 6.30. The first-order valence-corrected chi connectivity index (χ1v) is 10.1. The fraction of sp³-hybridized carbons (Fsp3) is 0.190. The van der Waals surface area contributed by atoms with Crippen molar-refractivity contribution in [2.24, 2.45) is 0 Å². The molecule has 2 aromatic carbocycles. The molecule has 13 heteroatoms. The molecule has 0 radical (unpaired) electrons. The highest BCUT2D eigenvalue weighted by Gasteiger charge is 2.49. The van der Waals surface area contributed by atoms with Crippen molar-refractivity contribution in [3.63, 3.8) is 0 Å². The van der Waals surface area contributed by atoms with Gasteiger partial charge in [-0.05, 0) is 42.8 Å². The highest BCUT2D eigenvalue weighted by atomic mass is 35.5. The molecule has 1 saturated heterocycles. The SMILES string of the molecule is CC1(c2cccc(Cl)c2)NC(=O)N(CC(=O)Nc2cc(C(F)(F)F)ccc2-n2cncn2)C1=O. The third-order valence-corrected chi connectivity index (χ3v) is 5.48. The van der Waals surface area contributed by atoms with E-state index in [1.54, 1.807) is 18.2 Å². The molecule has 176 valence electrons. The predicted molar refractivity (Wildman–Crippen MR) is 114 cm³/mol. The third-order valence-electron chi connectivity index (χ3n) is 5.24.